The van der Waals surface area contributed by atoms with Crippen molar-refractivity contribution in [3.63, 3.8) is 0 Å². The third-order valence-electron chi connectivity index (χ3n) is 15.7. The van der Waals surface area contributed by atoms with E-state index in [1.807, 2.05) is 67.6 Å². The van der Waals surface area contributed by atoms with Gasteiger partial charge in [-0.25, -0.2) is 4.57 Å². The number of hydrogen-bond acceptors (Lipinski definition) is 13. The second-order valence-electron chi connectivity index (χ2n) is 20.5. The van der Waals surface area contributed by atoms with Crippen molar-refractivity contribution >= 4 is 64.9 Å². The number of aliphatic hydroxyl groups excluding tert-OH is 1. The molecular weight excluding hydrogens is 1070 g/mol. The molecule has 0 radical (unpaired) electrons. The molecule has 1 saturated heterocycles. The number of phosphoric ester groups is 1. The number of carbonyl (C=O) groups is 7. The lowest BCUT2D eigenvalue weighted by atomic mass is 9.46. The molecule has 0 aromatic heterocycles. The summed E-state index contributed by atoms with van der Waals surface area (Å²) in [7, 11) is -5.03. The Balaban J connectivity index is 0.814. The van der Waals surface area contributed by atoms with Gasteiger partial charge in [-0.2, -0.15) is 0 Å². The maximum Gasteiger partial charge on any atom is 0.470 e. The summed E-state index contributed by atoms with van der Waals surface area (Å²) in [6.07, 6.45) is 5.10. The summed E-state index contributed by atoms with van der Waals surface area (Å²) in [4.78, 5) is 108. The van der Waals surface area contributed by atoms with Crippen LogP contribution < -0.4 is 26.6 Å². The number of aliphatic hydroxyl groups is 1. The van der Waals surface area contributed by atoms with Gasteiger partial charge in [0.2, 0.25) is 29.5 Å². The maximum atomic E-state index is 14.4. The summed E-state index contributed by atoms with van der Waals surface area (Å²) >= 11 is 2.98. The lowest BCUT2D eigenvalue weighted by Crippen LogP contribution is -2.63. The van der Waals surface area contributed by atoms with Crippen LogP contribution >= 0.6 is 23.8 Å². The summed E-state index contributed by atoms with van der Waals surface area (Å²) in [5.74, 6) is -3.95. The minimum atomic E-state index is -5.03. The minimum Gasteiger partial charge on any atom is -0.393 e. The molecule has 22 heteroatoms. The maximum absolute atomic E-state index is 14.4. The molecule has 20 nitrogen and oxygen atoms in total. The molecule has 4 aliphatic carbocycles. The Morgan fingerprint density at radius 2 is 1.47 bits per heavy atom. The number of halogens is 1. The number of nitrogens with one attached hydrogen (secondary N) is 5. The molecule has 76 heavy (non-hydrogen) atoms. The Labute approximate surface area is 447 Å². The molecule has 4 fully saturated rings. The van der Waals surface area contributed by atoms with Crippen molar-refractivity contribution in [1.29, 1.82) is 0 Å². The third-order valence-corrected chi connectivity index (χ3v) is 16.7. The van der Waals surface area contributed by atoms with Gasteiger partial charge in [0.05, 0.1) is 43.8 Å². The van der Waals surface area contributed by atoms with Crippen LogP contribution in [0.3, 0.4) is 0 Å². The lowest BCUT2D eigenvalue weighted by molar-refractivity contribution is -0.200. The highest BCUT2D eigenvalue weighted by Gasteiger charge is 2.76. The van der Waals surface area contributed by atoms with Crippen LogP contribution in [0, 0.1) is 28.6 Å². The summed E-state index contributed by atoms with van der Waals surface area (Å²) in [5, 5.41) is 24.5. The van der Waals surface area contributed by atoms with Crippen LogP contribution in [0.25, 0.3) is 0 Å². The van der Waals surface area contributed by atoms with E-state index in [0.717, 1.165) is 27.8 Å². The van der Waals surface area contributed by atoms with Gasteiger partial charge in [-0.05, 0) is 78.3 Å². The summed E-state index contributed by atoms with van der Waals surface area (Å²) in [5.41, 5.74) is 1.98. The molecule has 10 atom stereocenters. The number of rotatable bonds is 22. The van der Waals surface area contributed by atoms with Crippen molar-refractivity contribution in [2.75, 3.05) is 38.3 Å². The Hall–Kier alpha value is -5.74. The molecule has 8 N–H and O–H groups in total. The van der Waals surface area contributed by atoms with Gasteiger partial charge in [-0.1, -0.05) is 120 Å². The highest BCUT2D eigenvalue weighted by molar-refractivity contribution is 9.09. The number of fused-ring (bicyclic) bond motifs is 7. The van der Waals surface area contributed by atoms with Gasteiger partial charge in [-0.15, -0.1) is 0 Å². The van der Waals surface area contributed by atoms with Crippen molar-refractivity contribution in [3.8, 4) is 0 Å². The van der Waals surface area contributed by atoms with Gasteiger partial charge < -0.3 is 55.7 Å². The monoisotopic (exact) mass is 1130 g/mol. The molecule has 5 aliphatic rings. The number of hydrogen-bond donors (Lipinski definition) is 8. The topological polar surface area (TPSA) is 294 Å². The zero-order valence-corrected chi connectivity index (χ0v) is 44.5. The number of allylic oxidation sites excluding steroid dienone is 4. The van der Waals surface area contributed by atoms with Gasteiger partial charge in [-0.3, -0.25) is 38.1 Å². The van der Waals surface area contributed by atoms with E-state index < -0.39 is 104 Å². The van der Waals surface area contributed by atoms with E-state index in [1.165, 1.54) is 0 Å². The first kappa shape index (κ1) is 56.5. The van der Waals surface area contributed by atoms with Crippen molar-refractivity contribution in [2.24, 2.45) is 28.6 Å². The van der Waals surface area contributed by atoms with Crippen LogP contribution in [0.15, 0.2) is 103 Å². The number of alkyl halides is 1. The fourth-order valence-electron chi connectivity index (χ4n) is 12.2. The number of ketones is 2. The summed E-state index contributed by atoms with van der Waals surface area (Å²) < 4.78 is 35.7. The van der Waals surface area contributed by atoms with Crippen LogP contribution in [0.5, 0.6) is 0 Å². The molecule has 5 amide bonds. The normalized spacial score (nSPS) is 27.6. The smallest absolute Gasteiger partial charge is 0.393 e. The first-order chi connectivity index (χ1) is 36.2. The van der Waals surface area contributed by atoms with Crippen LogP contribution in [0.4, 0.5) is 0 Å². The summed E-state index contributed by atoms with van der Waals surface area (Å²) in [6.45, 7) is 1.95. The van der Waals surface area contributed by atoms with E-state index in [-0.39, 0.29) is 61.6 Å². The van der Waals surface area contributed by atoms with Gasteiger partial charge in [0, 0.05) is 28.7 Å². The molecule has 0 unspecified atom stereocenters. The lowest BCUT2D eigenvalue weighted by Gasteiger charge is -2.59. The Bertz CT molecular complexity index is 2790. The first-order valence-corrected chi connectivity index (χ1v) is 27.8. The molecule has 1 aliphatic heterocycles. The van der Waals surface area contributed by atoms with Gasteiger partial charge in [0.15, 0.2) is 23.5 Å². The highest BCUT2D eigenvalue weighted by Crippen LogP contribution is 2.70. The fraction of sp³-hybridized carbons (Fsp3) is 0.463. The van der Waals surface area contributed by atoms with E-state index in [2.05, 4.69) is 49.4 Å². The standard InChI is InChI=1S/C54H63BrN5O15P/c1-52-19-18-38(61)22-37(52)16-17-39-40-23-44-54(43(63)30-73-76(69,70)71,53(40,2)24-42(62)49(39)52)75-51(74-44)36-14-12-34(13-15-36)20-33-8-10-35(11-9-33)29-72-31-59-47(66)27-58-50(68)41(21-32-6-4-3-5-7-32)60-48(67)28-57-46(65)26-56-45(64)25-55/h3-15,18-19,22,39-42,44,49,51,62H,16-17,20-21,23-31H2,1-2H3,(H,56,64)(H,57,65)(H,58,68)(H,59,66)(H,60,67)(H2,69,70,71)/t39-,40-,41-,42-,44+,49+,51+,52-,53-,54+/m0/s1. The summed E-state index contributed by atoms with van der Waals surface area (Å²) in [6, 6.07) is 23.2. The molecule has 3 aromatic rings. The molecule has 0 spiro atoms. The van der Waals surface area contributed by atoms with E-state index in [1.54, 1.807) is 36.4 Å². The SMILES string of the molecule is C[C@]12C=CC(=O)C=C1CC[C@@H]1[C@@H]2[C@@H](O)C[C@@]2(C)[C@H]1C[C@H]1O[C@@H](c3ccc(Cc4ccc(COCNC(=O)CNC(=O)[C@H](Cc5ccccc5)NC(=O)CNC(=O)CNC(=O)CBr)cc4)cc3)O[C@]12C(=O)COP(=O)(O)O. The number of carbonyl (C=O) groups excluding carboxylic acids is 7. The number of Topliss-reactive ketones (excluding diaryl/α,β-unsaturated/α-hetero) is 1. The van der Waals surface area contributed by atoms with Gasteiger partial charge in [0.25, 0.3) is 0 Å². The molecule has 1 heterocycles. The molecule has 3 saturated carbocycles. The van der Waals surface area contributed by atoms with Crippen molar-refractivity contribution < 1.29 is 71.8 Å². The predicted molar refractivity (Wildman–Crippen MR) is 276 cm³/mol. The van der Waals surface area contributed by atoms with Gasteiger partial charge >= 0.3 is 7.82 Å². The quantitative estimate of drug-likeness (QED) is 0.0311. The zero-order valence-electron chi connectivity index (χ0n) is 42.0. The number of benzene rings is 3. The first-order valence-electron chi connectivity index (χ1n) is 25.1. The van der Waals surface area contributed by atoms with Crippen molar-refractivity contribution in [2.45, 2.75) is 89.1 Å². The fourth-order valence-corrected chi connectivity index (χ4v) is 12.7. The number of ether oxygens (including phenoxy) is 3. The average molecular weight is 1130 g/mol. The minimum absolute atomic E-state index is 0.0171. The van der Waals surface area contributed by atoms with E-state index in [9.17, 15) is 53.0 Å². The van der Waals surface area contributed by atoms with E-state index >= 15 is 0 Å². The van der Waals surface area contributed by atoms with E-state index in [4.69, 9.17) is 18.7 Å². The molecule has 406 valence electrons. The van der Waals surface area contributed by atoms with Crippen LogP contribution in [-0.2, 0) is 76.3 Å². The zero-order chi connectivity index (χ0) is 54.4. The van der Waals surface area contributed by atoms with Crippen LogP contribution in [-0.4, -0.2) is 118 Å². The Kier molecular flexibility index (Phi) is 17.7. The predicted octanol–water partition coefficient (Wildman–Crippen LogP) is 3.06. The van der Waals surface area contributed by atoms with E-state index in [0.29, 0.717) is 31.2 Å². The molecule has 3 aromatic carbocycles. The molecule has 8 rings (SSSR count). The Morgan fingerprint density at radius 1 is 0.829 bits per heavy atom. The number of amides is 5. The molecular formula is C54H63BrN5O15P. The largest absolute Gasteiger partial charge is 0.470 e. The van der Waals surface area contributed by atoms with Crippen LogP contribution in [0.1, 0.15) is 73.6 Å². The second kappa shape index (κ2) is 23.9. The van der Waals surface area contributed by atoms with Crippen molar-refractivity contribution in [3.05, 3.63) is 130 Å². The average Bonchev–Trinajstić information content (AvgIpc) is 3.92. The second-order valence-corrected chi connectivity index (χ2v) is 22.3. The van der Waals surface area contributed by atoms with Crippen molar-refractivity contribution in [1.82, 2.24) is 26.6 Å². The molecule has 0 bridgehead atoms. The highest BCUT2D eigenvalue weighted by atomic mass is 79.9. The van der Waals surface area contributed by atoms with Crippen LogP contribution in [0.2, 0.25) is 0 Å². The number of phosphoric acid groups is 1. The van der Waals surface area contributed by atoms with Gasteiger partial charge in [0.1, 0.15) is 19.4 Å². The Morgan fingerprint density at radius 3 is 2.17 bits per heavy atom. The third kappa shape index (κ3) is 12.6.